The number of rotatable bonds is 3. The maximum atomic E-state index is 11.8. The summed E-state index contributed by atoms with van der Waals surface area (Å²) < 4.78 is 0. The van der Waals surface area contributed by atoms with Crippen molar-refractivity contribution in [2.24, 2.45) is 0 Å². The molecule has 1 aromatic carbocycles. The largest absolute Gasteiger partial charge is 0.504 e. The predicted octanol–water partition coefficient (Wildman–Crippen LogP) is 1.58. The zero-order chi connectivity index (χ0) is 11.4. The molecule has 4 nitrogen and oxygen atoms in total. The summed E-state index contributed by atoms with van der Waals surface area (Å²) in [6, 6.07) is 4.37. The molecule has 1 aromatic rings. The molecule has 0 unspecified atom stereocenters. The molecule has 82 valence electrons. The van der Waals surface area contributed by atoms with Gasteiger partial charge in [-0.25, -0.2) is 0 Å². The van der Waals surface area contributed by atoms with Crippen LogP contribution in [0.1, 0.15) is 24.2 Å². The van der Waals surface area contributed by atoms with Crippen LogP contribution in [-0.4, -0.2) is 34.1 Å². The summed E-state index contributed by atoms with van der Waals surface area (Å²) in [6.07, 6.45) is 0. The minimum Gasteiger partial charge on any atom is -0.504 e. The summed E-state index contributed by atoms with van der Waals surface area (Å²) >= 11 is 0. The first-order valence-electron chi connectivity index (χ1n) is 4.92. The highest BCUT2D eigenvalue weighted by molar-refractivity contribution is 5.97. The molecule has 0 saturated carbocycles. The molecule has 0 aliphatic carbocycles. The van der Waals surface area contributed by atoms with E-state index < -0.39 is 0 Å². The molecule has 0 spiro atoms. The van der Waals surface area contributed by atoms with Crippen LogP contribution in [0, 0.1) is 0 Å². The van der Waals surface area contributed by atoms with Crippen molar-refractivity contribution in [3.8, 4) is 11.5 Å². The Bertz CT molecular complexity index is 359. The molecular weight excluding hydrogens is 194 g/mol. The maximum Gasteiger partial charge on any atom is 0.257 e. The van der Waals surface area contributed by atoms with E-state index in [1.54, 1.807) is 4.90 Å². The lowest BCUT2D eigenvalue weighted by molar-refractivity contribution is 0.0769. The Morgan fingerprint density at radius 1 is 1.27 bits per heavy atom. The van der Waals surface area contributed by atoms with Gasteiger partial charge in [-0.05, 0) is 26.0 Å². The van der Waals surface area contributed by atoms with Crippen molar-refractivity contribution in [2.75, 3.05) is 13.1 Å². The first-order chi connectivity index (χ1) is 7.11. The number of benzene rings is 1. The van der Waals surface area contributed by atoms with E-state index in [2.05, 4.69) is 0 Å². The van der Waals surface area contributed by atoms with Crippen molar-refractivity contribution in [2.45, 2.75) is 13.8 Å². The second-order valence-corrected chi connectivity index (χ2v) is 3.15. The van der Waals surface area contributed by atoms with E-state index in [1.807, 2.05) is 13.8 Å². The number of phenolic OH excluding ortho intramolecular Hbond substituents is 2. The SMILES string of the molecule is CCN(CC)C(=O)c1cccc(O)c1O. The highest BCUT2D eigenvalue weighted by atomic mass is 16.3. The van der Waals surface area contributed by atoms with E-state index in [0.29, 0.717) is 13.1 Å². The average molecular weight is 209 g/mol. The fourth-order valence-corrected chi connectivity index (χ4v) is 1.39. The van der Waals surface area contributed by atoms with Gasteiger partial charge in [-0.1, -0.05) is 6.07 Å². The molecule has 1 rings (SSSR count). The fraction of sp³-hybridized carbons (Fsp3) is 0.364. The molecule has 0 bridgehead atoms. The summed E-state index contributed by atoms with van der Waals surface area (Å²) in [7, 11) is 0. The van der Waals surface area contributed by atoms with Crippen molar-refractivity contribution in [1.29, 1.82) is 0 Å². The van der Waals surface area contributed by atoms with E-state index >= 15 is 0 Å². The van der Waals surface area contributed by atoms with Gasteiger partial charge in [0, 0.05) is 13.1 Å². The number of hydrogen-bond donors (Lipinski definition) is 2. The van der Waals surface area contributed by atoms with Gasteiger partial charge in [-0.3, -0.25) is 4.79 Å². The van der Waals surface area contributed by atoms with E-state index in [0.717, 1.165) is 0 Å². The van der Waals surface area contributed by atoms with Crippen molar-refractivity contribution in [3.05, 3.63) is 23.8 Å². The molecule has 0 fully saturated rings. The predicted molar refractivity (Wildman–Crippen MR) is 57.0 cm³/mol. The number of phenols is 2. The summed E-state index contributed by atoms with van der Waals surface area (Å²) in [5.41, 5.74) is 0.138. The average Bonchev–Trinajstić information content (AvgIpc) is 2.23. The van der Waals surface area contributed by atoms with E-state index in [1.165, 1.54) is 18.2 Å². The minimum atomic E-state index is -0.352. The highest BCUT2D eigenvalue weighted by Crippen LogP contribution is 2.28. The van der Waals surface area contributed by atoms with Gasteiger partial charge in [-0.2, -0.15) is 0 Å². The minimum absolute atomic E-state index is 0.138. The fourth-order valence-electron chi connectivity index (χ4n) is 1.39. The van der Waals surface area contributed by atoms with Crippen LogP contribution >= 0.6 is 0 Å². The number of aromatic hydroxyl groups is 2. The van der Waals surface area contributed by atoms with E-state index in [-0.39, 0.29) is 23.0 Å². The third-order valence-electron chi connectivity index (χ3n) is 2.30. The molecule has 0 aliphatic rings. The van der Waals surface area contributed by atoms with Crippen molar-refractivity contribution in [1.82, 2.24) is 4.90 Å². The molecule has 15 heavy (non-hydrogen) atoms. The standard InChI is InChI=1S/C11H15NO3/c1-3-12(4-2)11(15)8-6-5-7-9(13)10(8)14/h5-7,13-14H,3-4H2,1-2H3. The third-order valence-corrected chi connectivity index (χ3v) is 2.30. The van der Waals surface area contributed by atoms with Crippen molar-refractivity contribution < 1.29 is 15.0 Å². The molecule has 2 N–H and O–H groups in total. The lowest BCUT2D eigenvalue weighted by atomic mass is 10.1. The molecule has 0 heterocycles. The number of carbonyl (C=O) groups excluding carboxylic acids is 1. The van der Waals surface area contributed by atoms with Gasteiger partial charge >= 0.3 is 0 Å². The molecule has 1 amide bonds. The molecule has 0 atom stereocenters. The van der Waals surface area contributed by atoms with Crippen LogP contribution in [0.3, 0.4) is 0 Å². The Balaban J connectivity index is 3.05. The Morgan fingerprint density at radius 2 is 1.87 bits per heavy atom. The van der Waals surface area contributed by atoms with Crippen LogP contribution in [-0.2, 0) is 0 Å². The lowest BCUT2D eigenvalue weighted by Crippen LogP contribution is -2.30. The number of amides is 1. The first-order valence-corrected chi connectivity index (χ1v) is 4.92. The molecule has 0 aliphatic heterocycles. The molecule has 0 saturated heterocycles. The number of nitrogens with zero attached hydrogens (tertiary/aromatic N) is 1. The molecule has 0 aromatic heterocycles. The van der Waals surface area contributed by atoms with Crippen LogP contribution in [0.25, 0.3) is 0 Å². The molecule has 0 radical (unpaired) electrons. The Hall–Kier alpha value is -1.71. The Kier molecular flexibility index (Phi) is 3.55. The maximum absolute atomic E-state index is 11.8. The Labute approximate surface area is 88.8 Å². The van der Waals surface area contributed by atoms with Crippen molar-refractivity contribution >= 4 is 5.91 Å². The zero-order valence-corrected chi connectivity index (χ0v) is 8.90. The highest BCUT2D eigenvalue weighted by Gasteiger charge is 2.17. The van der Waals surface area contributed by atoms with Crippen LogP contribution in [0.5, 0.6) is 11.5 Å². The summed E-state index contributed by atoms with van der Waals surface area (Å²) in [6.45, 7) is 4.87. The van der Waals surface area contributed by atoms with Gasteiger partial charge in [-0.15, -0.1) is 0 Å². The first kappa shape index (κ1) is 11.4. The van der Waals surface area contributed by atoms with Gasteiger partial charge < -0.3 is 15.1 Å². The number of carbonyl (C=O) groups is 1. The second kappa shape index (κ2) is 4.68. The topological polar surface area (TPSA) is 60.8 Å². The van der Waals surface area contributed by atoms with Gasteiger partial charge in [0.1, 0.15) is 0 Å². The zero-order valence-electron chi connectivity index (χ0n) is 8.90. The van der Waals surface area contributed by atoms with Crippen LogP contribution in [0.15, 0.2) is 18.2 Å². The van der Waals surface area contributed by atoms with E-state index in [4.69, 9.17) is 0 Å². The smallest absolute Gasteiger partial charge is 0.257 e. The van der Waals surface area contributed by atoms with Crippen LogP contribution < -0.4 is 0 Å². The van der Waals surface area contributed by atoms with Crippen LogP contribution in [0.2, 0.25) is 0 Å². The summed E-state index contributed by atoms with van der Waals surface area (Å²) in [4.78, 5) is 13.4. The van der Waals surface area contributed by atoms with Crippen molar-refractivity contribution in [3.63, 3.8) is 0 Å². The summed E-state index contributed by atoms with van der Waals surface area (Å²) in [5, 5.41) is 18.8. The quantitative estimate of drug-likeness (QED) is 0.743. The summed E-state index contributed by atoms with van der Waals surface area (Å²) in [5.74, 6) is -0.893. The van der Waals surface area contributed by atoms with Gasteiger partial charge in [0.05, 0.1) is 5.56 Å². The normalized spacial score (nSPS) is 10.0. The van der Waals surface area contributed by atoms with Gasteiger partial charge in [0.15, 0.2) is 11.5 Å². The number of para-hydroxylation sites is 1. The van der Waals surface area contributed by atoms with E-state index in [9.17, 15) is 15.0 Å². The lowest BCUT2D eigenvalue weighted by Gasteiger charge is -2.19. The van der Waals surface area contributed by atoms with Gasteiger partial charge in [0.2, 0.25) is 0 Å². The number of hydrogen-bond acceptors (Lipinski definition) is 3. The Morgan fingerprint density at radius 3 is 2.40 bits per heavy atom. The van der Waals surface area contributed by atoms with Gasteiger partial charge in [0.25, 0.3) is 5.91 Å². The van der Waals surface area contributed by atoms with Crippen LogP contribution in [0.4, 0.5) is 0 Å². The second-order valence-electron chi connectivity index (χ2n) is 3.15. The molecular formula is C11H15NO3. The monoisotopic (exact) mass is 209 g/mol. The molecule has 4 heteroatoms. The third kappa shape index (κ3) is 2.21.